The topological polar surface area (TPSA) is 3.24 Å². The molecule has 0 fully saturated rings. The lowest BCUT2D eigenvalue weighted by atomic mass is 9.93. The van der Waals surface area contributed by atoms with Crippen molar-refractivity contribution in [1.82, 2.24) is 4.90 Å². The molecule has 1 aliphatic rings. The van der Waals surface area contributed by atoms with E-state index in [4.69, 9.17) is 0 Å². The van der Waals surface area contributed by atoms with Crippen molar-refractivity contribution in [3.63, 3.8) is 0 Å². The molecule has 0 aromatic carbocycles. The molecule has 0 radical (unpaired) electrons. The molecule has 1 rings (SSSR count). The molecular formula is C16H29N. The SMILES string of the molecule is CCCN(CC1=CC=CC(C)C1)CC(C)(C)C. The van der Waals surface area contributed by atoms with Crippen LogP contribution in [0.1, 0.15) is 47.5 Å². The summed E-state index contributed by atoms with van der Waals surface area (Å²) in [6, 6.07) is 0. The van der Waals surface area contributed by atoms with Gasteiger partial charge >= 0.3 is 0 Å². The van der Waals surface area contributed by atoms with Crippen LogP contribution in [0, 0.1) is 11.3 Å². The lowest BCUT2D eigenvalue weighted by molar-refractivity contribution is 0.202. The standard InChI is InChI=1S/C16H29N/c1-6-10-17(13-16(3,4)5)12-15-9-7-8-14(2)11-15/h7-9,14H,6,10-13H2,1-5H3. The van der Waals surface area contributed by atoms with Crippen LogP contribution in [-0.2, 0) is 0 Å². The molecule has 1 atom stereocenters. The first-order valence-electron chi connectivity index (χ1n) is 6.99. The predicted octanol–water partition coefficient (Wildman–Crippen LogP) is 4.27. The minimum atomic E-state index is 0.395. The smallest absolute Gasteiger partial charge is 0.0196 e. The molecule has 0 aliphatic heterocycles. The van der Waals surface area contributed by atoms with Gasteiger partial charge in [-0.3, -0.25) is 4.90 Å². The van der Waals surface area contributed by atoms with E-state index in [1.165, 1.54) is 25.9 Å². The number of allylic oxidation sites excluding steroid dienone is 3. The van der Waals surface area contributed by atoms with Crippen molar-refractivity contribution >= 4 is 0 Å². The van der Waals surface area contributed by atoms with Gasteiger partial charge in [-0.15, -0.1) is 0 Å². The van der Waals surface area contributed by atoms with Gasteiger partial charge in [-0.25, -0.2) is 0 Å². The summed E-state index contributed by atoms with van der Waals surface area (Å²) >= 11 is 0. The summed E-state index contributed by atoms with van der Waals surface area (Å²) < 4.78 is 0. The quantitative estimate of drug-likeness (QED) is 0.688. The van der Waals surface area contributed by atoms with Gasteiger partial charge in [0, 0.05) is 13.1 Å². The van der Waals surface area contributed by atoms with Gasteiger partial charge in [0.15, 0.2) is 0 Å². The van der Waals surface area contributed by atoms with Crippen molar-refractivity contribution in [2.75, 3.05) is 19.6 Å². The van der Waals surface area contributed by atoms with Crippen LogP contribution in [0.2, 0.25) is 0 Å². The molecule has 1 aliphatic carbocycles. The summed E-state index contributed by atoms with van der Waals surface area (Å²) in [4.78, 5) is 2.61. The Bertz CT molecular complexity index is 280. The van der Waals surface area contributed by atoms with Crippen LogP contribution in [0.4, 0.5) is 0 Å². The molecule has 0 aromatic rings. The summed E-state index contributed by atoms with van der Waals surface area (Å²) in [6.45, 7) is 15.1. The molecule has 0 saturated carbocycles. The third kappa shape index (κ3) is 6.07. The molecule has 0 heterocycles. The van der Waals surface area contributed by atoms with Crippen LogP contribution in [0.15, 0.2) is 23.8 Å². The summed E-state index contributed by atoms with van der Waals surface area (Å²) in [5.74, 6) is 0.716. The highest BCUT2D eigenvalue weighted by Crippen LogP contribution is 2.21. The normalized spacial score (nSPS) is 20.8. The van der Waals surface area contributed by atoms with Gasteiger partial charge in [-0.05, 0) is 30.7 Å². The number of hydrogen-bond donors (Lipinski definition) is 0. The first-order chi connectivity index (χ1) is 7.90. The fourth-order valence-electron chi connectivity index (χ4n) is 2.54. The Kier molecular flexibility index (Phi) is 5.45. The van der Waals surface area contributed by atoms with Gasteiger partial charge in [-0.1, -0.05) is 58.4 Å². The summed E-state index contributed by atoms with van der Waals surface area (Å²) in [7, 11) is 0. The van der Waals surface area contributed by atoms with E-state index in [2.05, 4.69) is 57.7 Å². The summed E-state index contributed by atoms with van der Waals surface area (Å²) in [5, 5.41) is 0. The Morgan fingerprint density at radius 1 is 1.35 bits per heavy atom. The average molecular weight is 235 g/mol. The lowest BCUT2D eigenvalue weighted by Crippen LogP contribution is -2.35. The molecule has 98 valence electrons. The Morgan fingerprint density at radius 3 is 2.59 bits per heavy atom. The van der Waals surface area contributed by atoms with Crippen LogP contribution in [0.5, 0.6) is 0 Å². The molecule has 1 unspecified atom stereocenters. The predicted molar refractivity (Wildman–Crippen MR) is 77.2 cm³/mol. The van der Waals surface area contributed by atoms with E-state index in [1.54, 1.807) is 5.57 Å². The third-order valence-electron chi connectivity index (χ3n) is 3.02. The van der Waals surface area contributed by atoms with Gasteiger partial charge < -0.3 is 0 Å². The van der Waals surface area contributed by atoms with Crippen LogP contribution >= 0.6 is 0 Å². The molecule has 17 heavy (non-hydrogen) atoms. The van der Waals surface area contributed by atoms with E-state index in [9.17, 15) is 0 Å². The highest BCUT2D eigenvalue weighted by atomic mass is 15.1. The monoisotopic (exact) mass is 235 g/mol. The molecule has 1 nitrogen and oxygen atoms in total. The van der Waals surface area contributed by atoms with Crippen LogP contribution < -0.4 is 0 Å². The highest BCUT2D eigenvalue weighted by molar-refractivity contribution is 5.20. The summed E-state index contributed by atoms with van der Waals surface area (Å²) in [6.07, 6.45) is 9.32. The van der Waals surface area contributed by atoms with Gasteiger partial charge in [0.1, 0.15) is 0 Å². The first-order valence-corrected chi connectivity index (χ1v) is 6.99. The molecule has 0 aromatic heterocycles. The Balaban J connectivity index is 2.54. The minimum Gasteiger partial charge on any atom is -0.299 e. The van der Waals surface area contributed by atoms with E-state index >= 15 is 0 Å². The fraction of sp³-hybridized carbons (Fsp3) is 0.750. The van der Waals surface area contributed by atoms with Crippen LogP contribution in [-0.4, -0.2) is 24.5 Å². The molecular weight excluding hydrogens is 206 g/mol. The molecule has 0 bridgehead atoms. The second-order valence-corrected chi connectivity index (χ2v) is 6.66. The largest absolute Gasteiger partial charge is 0.299 e. The zero-order chi connectivity index (χ0) is 12.9. The van der Waals surface area contributed by atoms with Crippen molar-refractivity contribution in [2.24, 2.45) is 11.3 Å². The van der Waals surface area contributed by atoms with Gasteiger partial charge in [0.05, 0.1) is 0 Å². The molecule has 1 heteroatoms. The lowest BCUT2D eigenvalue weighted by Gasteiger charge is -2.31. The van der Waals surface area contributed by atoms with E-state index in [0.29, 0.717) is 11.3 Å². The van der Waals surface area contributed by atoms with Crippen molar-refractivity contribution < 1.29 is 0 Å². The molecule has 0 saturated heterocycles. The maximum Gasteiger partial charge on any atom is 0.0196 e. The van der Waals surface area contributed by atoms with E-state index in [0.717, 1.165) is 6.54 Å². The maximum absolute atomic E-state index is 2.61. The fourth-order valence-corrected chi connectivity index (χ4v) is 2.54. The summed E-state index contributed by atoms with van der Waals surface area (Å²) in [5.41, 5.74) is 1.99. The van der Waals surface area contributed by atoms with Crippen molar-refractivity contribution in [3.05, 3.63) is 23.8 Å². The number of rotatable bonds is 5. The second-order valence-electron chi connectivity index (χ2n) is 6.66. The molecule has 0 N–H and O–H groups in total. The Morgan fingerprint density at radius 2 is 2.06 bits per heavy atom. The van der Waals surface area contributed by atoms with Gasteiger partial charge in [0.25, 0.3) is 0 Å². The van der Waals surface area contributed by atoms with Crippen LogP contribution in [0.3, 0.4) is 0 Å². The zero-order valence-corrected chi connectivity index (χ0v) is 12.3. The first kappa shape index (κ1) is 14.5. The second kappa shape index (κ2) is 6.39. The Labute approximate surface area is 108 Å². The number of nitrogens with zero attached hydrogens (tertiary/aromatic N) is 1. The molecule has 0 spiro atoms. The van der Waals surface area contributed by atoms with E-state index in [1.807, 2.05) is 0 Å². The van der Waals surface area contributed by atoms with E-state index in [-0.39, 0.29) is 0 Å². The van der Waals surface area contributed by atoms with Gasteiger partial charge in [-0.2, -0.15) is 0 Å². The third-order valence-corrected chi connectivity index (χ3v) is 3.02. The number of hydrogen-bond acceptors (Lipinski definition) is 1. The highest BCUT2D eigenvalue weighted by Gasteiger charge is 2.17. The van der Waals surface area contributed by atoms with Crippen LogP contribution in [0.25, 0.3) is 0 Å². The van der Waals surface area contributed by atoms with Gasteiger partial charge in [0.2, 0.25) is 0 Å². The minimum absolute atomic E-state index is 0.395. The molecule has 0 amide bonds. The average Bonchev–Trinajstić information content (AvgIpc) is 2.15. The van der Waals surface area contributed by atoms with Crippen molar-refractivity contribution in [2.45, 2.75) is 47.5 Å². The maximum atomic E-state index is 2.61. The van der Waals surface area contributed by atoms with E-state index < -0.39 is 0 Å². The zero-order valence-electron chi connectivity index (χ0n) is 12.3. The Hall–Kier alpha value is -0.560. The van der Waals surface area contributed by atoms with Crippen molar-refractivity contribution in [3.8, 4) is 0 Å². The van der Waals surface area contributed by atoms with Crippen molar-refractivity contribution in [1.29, 1.82) is 0 Å².